The molecule has 3 rings (SSSR count). The Morgan fingerprint density at radius 2 is 2.29 bits per heavy atom. The van der Waals surface area contributed by atoms with Gasteiger partial charge in [0.05, 0.1) is 22.6 Å². The molecule has 0 aromatic carbocycles. The SMILES string of the molecule is C=CCn1c(SCC(=O)N(C)C2CCS(=O)(=O)C2)nc2sc(CC)cc2c1=O. The van der Waals surface area contributed by atoms with E-state index < -0.39 is 9.84 Å². The lowest BCUT2D eigenvalue weighted by Gasteiger charge is -2.23. The van der Waals surface area contributed by atoms with Gasteiger partial charge in [-0.2, -0.15) is 0 Å². The molecule has 1 unspecified atom stereocenters. The first kappa shape index (κ1) is 21.1. The Morgan fingerprint density at radius 3 is 2.89 bits per heavy atom. The van der Waals surface area contributed by atoms with E-state index in [1.165, 1.54) is 32.6 Å². The van der Waals surface area contributed by atoms with Crippen LogP contribution in [0, 0.1) is 0 Å². The standard InChI is InChI=1S/C18H23N3O4S3/c1-4-7-21-17(23)14-9-13(5-2)27-16(14)19-18(21)26-10-15(22)20(3)12-6-8-28(24,25)11-12/h4,9,12H,1,5-8,10-11H2,2-3H3. The number of carbonyl (C=O) groups is 1. The maximum atomic E-state index is 12.8. The highest BCUT2D eigenvalue weighted by Gasteiger charge is 2.32. The van der Waals surface area contributed by atoms with Gasteiger partial charge in [-0.1, -0.05) is 24.8 Å². The van der Waals surface area contributed by atoms with Crippen molar-refractivity contribution in [2.24, 2.45) is 0 Å². The Hall–Kier alpha value is -1.65. The minimum absolute atomic E-state index is 0.0142. The molecule has 1 aliphatic rings. The molecule has 2 aromatic heterocycles. The minimum Gasteiger partial charge on any atom is -0.341 e. The third kappa shape index (κ3) is 4.33. The van der Waals surface area contributed by atoms with Crippen LogP contribution in [0.15, 0.2) is 28.7 Å². The Bertz CT molecular complexity index is 1070. The molecule has 28 heavy (non-hydrogen) atoms. The summed E-state index contributed by atoms with van der Waals surface area (Å²) in [4.78, 5) is 33.3. The van der Waals surface area contributed by atoms with Crippen LogP contribution in [0.4, 0.5) is 0 Å². The van der Waals surface area contributed by atoms with Gasteiger partial charge in [0.1, 0.15) is 4.83 Å². The van der Waals surface area contributed by atoms with Crippen LogP contribution < -0.4 is 5.56 Å². The molecule has 3 heterocycles. The van der Waals surface area contributed by atoms with Crippen LogP contribution in [0.25, 0.3) is 10.2 Å². The molecule has 0 bridgehead atoms. The summed E-state index contributed by atoms with van der Waals surface area (Å²) in [5.41, 5.74) is -0.133. The number of nitrogens with zero attached hydrogens (tertiary/aromatic N) is 3. The topological polar surface area (TPSA) is 89.3 Å². The van der Waals surface area contributed by atoms with E-state index in [9.17, 15) is 18.0 Å². The van der Waals surface area contributed by atoms with Crippen molar-refractivity contribution in [1.82, 2.24) is 14.5 Å². The quantitative estimate of drug-likeness (QED) is 0.371. The summed E-state index contributed by atoms with van der Waals surface area (Å²) in [5.74, 6) is 0.0542. The van der Waals surface area contributed by atoms with E-state index in [1.807, 2.05) is 13.0 Å². The fourth-order valence-electron chi connectivity index (χ4n) is 3.13. The number of thioether (sulfide) groups is 1. The number of thiophene rings is 1. The molecule has 1 aliphatic heterocycles. The molecule has 2 aromatic rings. The summed E-state index contributed by atoms with van der Waals surface area (Å²) < 4.78 is 24.8. The van der Waals surface area contributed by atoms with Crippen LogP contribution in [-0.4, -0.2) is 59.1 Å². The first-order valence-corrected chi connectivity index (χ1v) is 12.6. The Balaban J connectivity index is 1.81. The van der Waals surface area contributed by atoms with Crippen molar-refractivity contribution in [3.8, 4) is 0 Å². The summed E-state index contributed by atoms with van der Waals surface area (Å²) >= 11 is 2.69. The first-order chi connectivity index (χ1) is 13.3. The van der Waals surface area contributed by atoms with Gasteiger partial charge in [0.2, 0.25) is 5.91 Å². The lowest BCUT2D eigenvalue weighted by molar-refractivity contribution is -0.128. The zero-order valence-corrected chi connectivity index (χ0v) is 18.3. The van der Waals surface area contributed by atoms with E-state index in [4.69, 9.17) is 0 Å². The molecule has 0 radical (unpaired) electrons. The van der Waals surface area contributed by atoms with E-state index >= 15 is 0 Å². The summed E-state index contributed by atoms with van der Waals surface area (Å²) in [6.07, 6.45) is 2.93. The summed E-state index contributed by atoms with van der Waals surface area (Å²) in [5, 5.41) is 1.07. The van der Waals surface area contributed by atoms with Crippen molar-refractivity contribution in [2.75, 3.05) is 24.3 Å². The number of fused-ring (bicyclic) bond motifs is 1. The van der Waals surface area contributed by atoms with Crippen LogP contribution in [0.1, 0.15) is 18.2 Å². The molecular weight excluding hydrogens is 418 g/mol. The van der Waals surface area contributed by atoms with Crippen LogP contribution in [-0.2, 0) is 27.6 Å². The smallest absolute Gasteiger partial charge is 0.263 e. The number of carbonyl (C=O) groups excluding carboxylic acids is 1. The van der Waals surface area contributed by atoms with Crippen molar-refractivity contribution in [1.29, 1.82) is 0 Å². The molecule has 1 amide bonds. The molecule has 10 heteroatoms. The van der Waals surface area contributed by atoms with E-state index in [0.29, 0.717) is 28.3 Å². The fraction of sp³-hybridized carbons (Fsp3) is 0.500. The molecular formula is C18H23N3O4S3. The van der Waals surface area contributed by atoms with E-state index in [2.05, 4.69) is 11.6 Å². The average Bonchev–Trinajstić information content (AvgIpc) is 3.24. The highest BCUT2D eigenvalue weighted by Crippen LogP contribution is 2.26. The Morgan fingerprint density at radius 1 is 1.54 bits per heavy atom. The number of hydrogen-bond acceptors (Lipinski definition) is 7. The third-order valence-corrected chi connectivity index (χ3v) is 8.69. The predicted molar refractivity (Wildman–Crippen MR) is 114 cm³/mol. The van der Waals surface area contributed by atoms with Crippen LogP contribution in [0.2, 0.25) is 0 Å². The lowest BCUT2D eigenvalue weighted by atomic mass is 10.2. The van der Waals surface area contributed by atoms with Crippen LogP contribution in [0.3, 0.4) is 0 Å². The molecule has 1 saturated heterocycles. The normalized spacial score (nSPS) is 18.4. The van der Waals surface area contributed by atoms with Crippen LogP contribution in [0.5, 0.6) is 0 Å². The van der Waals surface area contributed by atoms with Gasteiger partial charge in [0.15, 0.2) is 15.0 Å². The maximum absolute atomic E-state index is 12.8. The number of allylic oxidation sites excluding steroid dienone is 1. The second-order valence-corrected chi connectivity index (χ2v) is 11.0. The van der Waals surface area contributed by atoms with E-state index in [1.54, 1.807) is 13.1 Å². The van der Waals surface area contributed by atoms with Crippen molar-refractivity contribution in [2.45, 2.75) is 37.5 Å². The van der Waals surface area contributed by atoms with Crippen molar-refractivity contribution >= 4 is 49.1 Å². The maximum Gasteiger partial charge on any atom is 0.263 e. The molecule has 0 saturated carbocycles. The number of aryl methyl sites for hydroxylation is 1. The van der Waals surface area contributed by atoms with Crippen molar-refractivity contribution in [3.05, 3.63) is 34.0 Å². The summed E-state index contributed by atoms with van der Waals surface area (Å²) in [7, 11) is -1.42. The minimum atomic E-state index is -3.05. The third-order valence-electron chi connectivity index (χ3n) is 4.80. The van der Waals surface area contributed by atoms with E-state index in [0.717, 1.165) is 11.3 Å². The van der Waals surface area contributed by atoms with Crippen molar-refractivity contribution in [3.63, 3.8) is 0 Å². The molecule has 1 fully saturated rings. The molecule has 152 valence electrons. The predicted octanol–water partition coefficient (Wildman–Crippen LogP) is 1.94. The molecule has 0 N–H and O–H groups in total. The molecule has 7 nitrogen and oxygen atoms in total. The second-order valence-electron chi connectivity index (χ2n) is 6.73. The number of rotatable bonds is 7. The summed E-state index contributed by atoms with van der Waals surface area (Å²) in [6, 6.07) is 1.59. The fourth-order valence-corrected chi connectivity index (χ4v) is 6.85. The monoisotopic (exact) mass is 441 g/mol. The van der Waals surface area contributed by atoms with Gasteiger partial charge in [-0.15, -0.1) is 17.9 Å². The highest BCUT2D eigenvalue weighted by atomic mass is 32.2. The zero-order chi connectivity index (χ0) is 20.5. The second kappa shape index (κ2) is 8.38. The van der Waals surface area contributed by atoms with Crippen LogP contribution >= 0.6 is 23.1 Å². The van der Waals surface area contributed by atoms with Gasteiger partial charge in [-0.05, 0) is 18.9 Å². The zero-order valence-electron chi connectivity index (χ0n) is 15.9. The Kier molecular flexibility index (Phi) is 6.31. The van der Waals surface area contributed by atoms with Gasteiger partial charge >= 0.3 is 0 Å². The number of hydrogen-bond donors (Lipinski definition) is 0. The highest BCUT2D eigenvalue weighted by molar-refractivity contribution is 7.99. The van der Waals surface area contributed by atoms with Gasteiger partial charge in [0.25, 0.3) is 5.56 Å². The van der Waals surface area contributed by atoms with Gasteiger partial charge in [-0.3, -0.25) is 14.2 Å². The van der Waals surface area contributed by atoms with Gasteiger partial charge in [-0.25, -0.2) is 13.4 Å². The molecule has 1 atom stereocenters. The van der Waals surface area contributed by atoms with Gasteiger partial charge in [0, 0.05) is 24.5 Å². The van der Waals surface area contributed by atoms with Gasteiger partial charge < -0.3 is 4.90 Å². The van der Waals surface area contributed by atoms with E-state index in [-0.39, 0.29) is 34.8 Å². The molecule has 0 aliphatic carbocycles. The van der Waals surface area contributed by atoms with Crippen molar-refractivity contribution < 1.29 is 13.2 Å². The number of aromatic nitrogens is 2. The largest absolute Gasteiger partial charge is 0.341 e. The Labute approximate surface area is 172 Å². The molecule has 0 spiro atoms. The number of sulfone groups is 1. The number of amides is 1. The lowest BCUT2D eigenvalue weighted by Crippen LogP contribution is -2.39. The first-order valence-electron chi connectivity index (χ1n) is 8.98. The average molecular weight is 442 g/mol. The summed E-state index contributed by atoms with van der Waals surface area (Å²) in [6.45, 7) is 6.04.